The molecule has 0 bridgehead atoms. The molecular weight excluding hydrogens is 414 g/mol. The zero-order valence-corrected chi connectivity index (χ0v) is 20.3. The van der Waals surface area contributed by atoms with Gasteiger partial charge in [0.15, 0.2) is 0 Å². The largest absolute Gasteiger partial charge is 0.497 e. The van der Waals surface area contributed by atoms with E-state index in [1.165, 1.54) is 11.1 Å². The summed E-state index contributed by atoms with van der Waals surface area (Å²) >= 11 is 0. The monoisotopic (exact) mass is 447 g/mol. The van der Waals surface area contributed by atoms with Crippen LogP contribution in [0.15, 0.2) is 47.5 Å². The van der Waals surface area contributed by atoms with Gasteiger partial charge in [-0.05, 0) is 88.1 Å². The van der Waals surface area contributed by atoms with Gasteiger partial charge in [-0.2, -0.15) is 5.10 Å². The van der Waals surface area contributed by atoms with Gasteiger partial charge in [-0.15, -0.1) is 0 Å². The van der Waals surface area contributed by atoms with Crippen molar-refractivity contribution in [2.45, 2.75) is 47.6 Å². The number of methoxy groups -OCH3 is 1. The fourth-order valence-electron chi connectivity index (χ4n) is 3.73. The number of hydrogen-bond acceptors (Lipinski definition) is 4. The van der Waals surface area contributed by atoms with E-state index in [2.05, 4.69) is 42.6 Å². The van der Waals surface area contributed by atoms with Crippen LogP contribution in [0.25, 0.3) is 0 Å². The Morgan fingerprint density at radius 1 is 1.09 bits per heavy atom. The van der Waals surface area contributed by atoms with Crippen molar-refractivity contribution in [2.75, 3.05) is 19.0 Å². The first-order valence-corrected chi connectivity index (χ1v) is 11.2. The summed E-state index contributed by atoms with van der Waals surface area (Å²) in [6, 6.07) is 13.0. The minimum Gasteiger partial charge on any atom is -0.497 e. The number of ether oxygens (including phenoxy) is 1. The highest BCUT2D eigenvalue weighted by Crippen LogP contribution is 2.18. The smallest absolute Gasteiger partial charge is 0.257 e. The summed E-state index contributed by atoms with van der Waals surface area (Å²) in [7, 11) is 1.60. The molecular formula is C26H33N5O2. The van der Waals surface area contributed by atoms with E-state index in [1.54, 1.807) is 31.4 Å². The number of aromatic nitrogens is 2. The molecule has 0 saturated carbocycles. The quantitative estimate of drug-likeness (QED) is 0.410. The maximum atomic E-state index is 12.9. The highest BCUT2D eigenvalue weighted by Gasteiger charge is 2.13. The van der Waals surface area contributed by atoms with Crippen LogP contribution in [0.1, 0.15) is 45.4 Å². The van der Waals surface area contributed by atoms with E-state index in [9.17, 15) is 4.79 Å². The highest BCUT2D eigenvalue weighted by atomic mass is 16.5. The van der Waals surface area contributed by atoms with Crippen LogP contribution in [-0.4, -0.2) is 35.3 Å². The summed E-state index contributed by atoms with van der Waals surface area (Å²) in [5.74, 6) is 0.885. The van der Waals surface area contributed by atoms with Gasteiger partial charge in [-0.3, -0.25) is 19.8 Å². The molecule has 7 heteroatoms. The number of nitrogens with one attached hydrogen (secondary N) is 2. The second kappa shape index (κ2) is 10.8. The van der Waals surface area contributed by atoms with E-state index in [-0.39, 0.29) is 5.91 Å². The highest BCUT2D eigenvalue weighted by molar-refractivity contribution is 6.10. The Hall–Kier alpha value is -3.61. The Morgan fingerprint density at radius 2 is 1.82 bits per heavy atom. The summed E-state index contributed by atoms with van der Waals surface area (Å²) < 4.78 is 7.19. The summed E-state index contributed by atoms with van der Waals surface area (Å²) in [5.41, 5.74) is 7.11. The third-order valence-corrected chi connectivity index (χ3v) is 5.90. The van der Waals surface area contributed by atoms with Crippen molar-refractivity contribution in [1.82, 2.24) is 15.1 Å². The van der Waals surface area contributed by atoms with Crippen LogP contribution in [0.5, 0.6) is 5.75 Å². The first-order valence-electron chi connectivity index (χ1n) is 11.2. The van der Waals surface area contributed by atoms with Gasteiger partial charge in [0.1, 0.15) is 5.75 Å². The van der Waals surface area contributed by atoms with E-state index in [4.69, 9.17) is 9.73 Å². The summed E-state index contributed by atoms with van der Waals surface area (Å²) in [4.78, 5) is 17.6. The Kier molecular flexibility index (Phi) is 7.87. The number of aryl methyl sites for hydroxylation is 3. The average molecular weight is 448 g/mol. The topological polar surface area (TPSA) is 80.5 Å². The lowest BCUT2D eigenvalue weighted by Gasteiger charge is -2.15. The number of carbonyl (C=O) groups excluding carboxylic acids is 1. The SMILES string of the molecule is CCn1nc(C)c(CCN=C(NC(=O)c2ccc(OC)cc2)Nc2cccc(C)c2C)c1C. The van der Waals surface area contributed by atoms with Gasteiger partial charge in [-0.1, -0.05) is 12.1 Å². The number of rotatable bonds is 7. The molecule has 0 aliphatic heterocycles. The molecule has 0 unspecified atom stereocenters. The van der Waals surface area contributed by atoms with Crippen molar-refractivity contribution < 1.29 is 9.53 Å². The van der Waals surface area contributed by atoms with Crippen LogP contribution in [0.2, 0.25) is 0 Å². The first kappa shape index (κ1) is 24.0. The lowest BCUT2D eigenvalue weighted by atomic mass is 10.1. The summed E-state index contributed by atoms with van der Waals surface area (Å²) in [6.45, 7) is 11.7. The fourth-order valence-corrected chi connectivity index (χ4v) is 3.73. The van der Waals surface area contributed by atoms with E-state index >= 15 is 0 Å². The number of amides is 1. The molecule has 3 rings (SSSR count). The number of benzene rings is 2. The van der Waals surface area contributed by atoms with Crippen LogP contribution < -0.4 is 15.4 Å². The van der Waals surface area contributed by atoms with Crippen LogP contribution in [0, 0.1) is 27.7 Å². The number of nitrogens with zero attached hydrogens (tertiary/aromatic N) is 3. The van der Waals surface area contributed by atoms with Gasteiger partial charge in [0.05, 0.1) is 12.8 Å². The van der Waals surface area contributed by atoms with E-state index in [0.29, 0.717) is 23.8 Å². The molecule has 0 aliphatic carbocycles. The van der Waals surface area contributed by atoms with Crippen molar-refractivity contribution in [1.29, 1.82) is 0 Å². The maximum absolute atomic E-state index is 12.9. The minimum absolute atomic E-state index is 0.236. The molecule has 0 fully saturated rings. The lowest BCUT2D eigenvalue weighted by molar-refractivity contribution is 0.0977. The molecule has 7 nitrogen and oxygen atoms in total. The molecule has 1 aromatic heterocycles. The number of guanidine groups is 1. The zero-order valence-electron chi connectivity index (χ0n) is 20.3. The van der Waals surface area contributed by atoms with E-state index in [1.807, 2.05) is 30.7 Å². The van der Waals surface area contributed by atoms with E-state index < -0.39 is 0 Å². The minimum atomic E-state index is -0.236. The molecule has 2 N–H and O–H groups in total. The molecule has 33 heavy (non-hydrogen) atoms. The number of anilines is 1. The third kappa shape index (κ3) is 5.80. The van der Waals surface area contributed by atoms with Gasteiger partial charge >= 0.3 is 0 Å². The molecule has 0 radical (unpaired) electrons. The molecule has 3 aromatic rings. The molecule has 0 saturated heterocycles. The molecule has 0 aliphatic rings. The second-order valence-electron chi connectivity index (χ2n) is 8.00. The predicted molar refractivity (Wildman–Crippen MR) is 133 cm³/mol. The van der Waals surface area contributed by atoms with Crippen LogP contribution in [0.4, 0.5) is 5.69 Å². The van der Waals surface area contributed by atoms with Gasteiger partial charge in [-0.25, -0.2) is 0 Å². The molecule has 1 heterocycles. The second-order valence-corrected chi connectivity index (χ2v) is 8.00. The van der Waals surface area contributed by atoms with E-state index in [0.717, 1.165) is 35.6 Å². The number of hydrogen-bond donors (Lipinski definition) is 2. The predicted octanol–water partition coefficient (Wildman–Crippen LogP) is 4.59. The van der Waals surface area contributed by atoms with Crippen LogP contribution in [0.3, 0.4) is 0 Å². The van der Waals surface area contributed by atoms with Crippen LogP contribution in [-0.2, 0) is 13.0 Å². The van der Waals surface area contributed by atoms with Crippen molar-refractivity contribution in [3.05, 3.63) is 76.1 Å². The molecule has 174 valence electrons. The number of carbonyl (C=O) groups is 1. The zero-order chi connectivity index (χ0) is 24.0. The van der Waals surface area contributed by atoms with Crippen LogP contribution >= 0.6 is 0 Å². The summed E-state index contributed by atoms with van der Waals surface area (Å²) in [6.07, 6.45) is 0.744. The Morgan fingerprint density at radius 3 is 2.45 bits per heavy atom. The standard InChI is InChI=1S/C26H33N5O2/c1-7-31-20(5)23(19(4)30-31)15-16-27-26(28-24-10-8-9-17(2)18(24)3)29-25(32)21-11-13-22(33-6)14-12-21/h8-14H,7,15-16H2,1-6H3,(H2,27,28,29,32). The van der Waals surface area contributed by atoms with Crippen molar-refractivity contribution in [2.24, 2.45) is 4.99 Å². The van der Waals surface area contributed by atoms with Crippen molar-refractivity contribution >= 4 is 17.6 Å². The van der Waals surface area contributed by atoms with Crippen molar-refractivity contribution in [3.8, 4) is 5.75 Å². The fraction of sp³-hybridized carbons (Fsp3) is 0.346. The lowest BCUT2D eigenvalue weighted by Crippen LogP contribution is -2.36. The Labute approximate surface area is 195 Å². The van der Waals surface area contributed by atoms with Gasteiger partial charge in [0.2, 0.25) is 5.96 Å². The first-order chi connectivity index (χ1) is 15.8. The number of aliphatic imine (C=N–C) groups is 1. The Balaban J connectivity index is 1.81. The average Bonchev–Trinajstić information content (AvgIpc) is 3.09. The molecule has 2 aromatic carbocycles. The molecule has 1 amide bonds. The molecule has 0 spiro atoms. The van der Waals surface area contributed by atoms with Gasteiger partial charge < -0.3 is 10.1 Å². The van der Waals surface area contributed by atoms with Crippen molar-refractivity contribution in [3.63, 3.8) is 0 Å². The normalized spacial score (nSPS) is 11.4. The van der Waals surface area contributed by atoms with Gasteiger partial charge in [0, 0.05) is 30.0 Å². The third-order valence-electron chi connectivity index (χ3n) is 5.90. The maximum Gasteiger partial charge on any atom is 0.257 e. The van der Waals surface area contributed by atoms with Gasteiger partial charge in [0.25, 0.3) is 5.91 Å². The summed E-state index contributed by atoms with van der Waals surface area (Å²) in [5, 5.41) is 10.8. The molecule has 0 atom stereocenters. The Bertz CT molecular complexity index is 1150.